The van der Waals surface area contributed by atoms with Crippen LogP contribution in [0.4, 0.5) is 13.2 Å². The number of halogens is 4. The molecule has 2 heterocycles. The van der Waals surface area contributed by atoms with Crippen LogP contribution in [-0.2, 0) is 19.8 Å². The van der Waals surface area contributed by atoms with Gasteiger partial charge in [0.1, 0.15) is 0 Å². The van der Waals surface area contributed by atoms with Crippen molar-refractivity contribution in [1.82, 2.24) is 20.0 Å². The topological polar surface area (TPSA) is 45.5 Å². The zero-order valence-corrected chi connectivity index (χ0v) is 16.7. The van der Waals surface area contributed by atoms with E-state index in [4.69, 9.17) is 0 Å². The van der Waals surface area contributed by atoms with Crippen molar-refractivity contribution in [3.8, 4) is 0 Å². The van der Waals surface area contributed by atoms with Crippen molar-refractivity contribution in [1.29, 1.82) is 0 Å². The lowest BCUT2D eigenvalue weighted by atomic mass is 9.92. The lowest BCUT2D eigenvalue weighted by Crippen LogP contribution is -2.48. The third kappa shape index (κ3) is 5.25. The van der Waals surface area contributed by atoms with E-state index in [0.29, 0.717) is 17.8 Å². The van der Waals surface area contributed by atoms with E-state index >= 15 is 0 Å². The van der Waals surface area contributed by atoms with Crippen molar-refractivity contribution in [3.63, 3.8) is 0 Å². The number of aromatic nitrogens is 2. The van der Waals surface area contributed by atoms with Crippen LogP contribution in [0.1, 0.15) is 31.5 Å². The Hall–Kier alpha value is -1.00. The molecule has 1 fully saturated rings. The Morgan fingerprint density at radius 2 is 1.92 bits per heavy atom. The number of aryl methyl sites for hydroxylation is 1. The minimum Gasteiger partial charge on any atom is -0.352 e. The lowest BCUT2D eigenvalue weighted by Gasteiger charge is -2.37. The molecule has 0 bridgehead atoms. The average molecular weight is 459 g/mol. The minimum absolute atomic E-state index is 0. The summed E-state index contributed by atoms with van der Waals surface area (Å²) in [6.07, 6.45) is -1.89. The molecule has 1 saturated heterocycles. The molecule has 1 aromatic heterocycles. The van der Waals surface area contributed by atoms with E-state index in [1.54, 1.807) is 7.05 Å². The Morgan fingerprint density at radius 1 is 1.33 bits per heavy atom. The molecule has 0 radical (unpaired) electrons. The van der Waals surface area contributed by atoms with E-state index < -0.39 is 11.9 Å². The van der Waals surface area contributed by atoms with Crippen molar-refractivity contribution in [2.45, 2.75) is 33.0 Å². The Balaban J connectivity index is 0.00000288. The van der Waals surface area contributed by atoms with Crippen LogP contribution < -0.4 is 5.32 Å². The van der Waals surface area contributed by atoms with Gasteiger partial charge in [-0.2, -0.15) is 18.3 Å². The Kier molecular flexibility index (Phi) is 7.36. The highest BCUT2D eigenvalue weighted by atomic mass is 127. The predicted octanol–water partition coefficient (Wildman–Crippen LogP) is 3.11. The van der Waals surface area contributed by atoms with Crippen LogP contribution in [0.2, 0.25) is 0 Å². The SMILES string of the molecule is CN=C(NCc1cn(C)nc1C(F)(F)F)N1CC(C)CC(C)C1.I. The molecule has 0 aromatic carbocycles. The maximum atomic E-state index is 13.0. The van der Waals surface area contributed by atoms with Gasteiger partial charge in [-0.05, 0) is 18.3 Å². The number of hydrogen-bond donors (Lipinski definition) is 1. The standard InChI is InChI=1S/C15H24F3N5.HI/c1-10-5-11(2)8-23(7-10)14(19-3)20-6-12-9-22(4)21-13(12)15(16,17)18;/h9-11H,5-8H2,1-4H3,(H,19,20);1H. The second kappa shape index (κ2) is 8.39. The van der Waals surface area contributed by atoms with Crippen molar-refractivity contribution in [3.05, 3.63) is 17.5 Å². The monoisotopic (exact) mass is 459 g/mol. The number of likely N-dealkylation sites (tertiary alicyclic amines) is 1. The molecular weight excluding hydrogens is 434 g/mol. The number of nitrogens with one attached hydrogen (secondary N) is 1. The van der Waals surface area contributed by atoms with Crippen molar-refractivity contribution < 1.29 is 13.2 Å². The smallest absolute Gasteiger partial charge is 0.352 e. The number of hydrogen-bond acceptors (Lipinski definition) is 2. The number of alkyl halides is 3. The Bertz CT molecular complexity index is 560. The zero-order valence-electron chi connectivity index (χ0n) is 14.4. The van der Waals surface area contributed by atoms with Gasteiger partial charge in [-0.25, -0.2) is 0 Å². The lowest BCUT2D eigenvalue weighted by molar-refractivity contribution is -0.142. The highest BCUT2D eigenvalue weighted by molar-refractivity contribution is 14.0. The summed E-state index contributed by atoms with van der Waals surface area (Å²) in [4.78, 5) is 6.33. The molecule has 5 nitrogen and oxygen atoms in total. The quantitative estimate of drug-likeness (QED) is 0.420. The molecule has 1 N–H and O–H groups in total. The molecule has 9 heteroatoms. The molecule has 24 heavy (non-hydrogen) atoms. The molecule has 1 aliphatic rings. The van der Waals surface area contributed by atoms with Crippen LogP contribution in [0.15, 0.2) is 11.2 Å². The normalized spacial score (nSPS) is 22.3. The molecule has 0 saturated carbocycles. The second-order valence-corrected chi connectivity index (χ2v) is 6.43. The Labute approximate surface area is 157 Å². The number of aliphatic imine (C=N–C) groups is 1. The van der Waals surface area contributed by atoms with Crippen LogP contribution >= 0.6 is 24.0 Å². The second-order valence-electron chi connectivity index (χ2n) is 6.43. The van der Waals surface area contributed by atoms with Gasteiger partial charge in [-0.15, -0.1) is 24.0 Å². The van der Waals surface area contributed by atoms with Crippen LogP contribution in [0.25, 0.3) is 0 Å². The van der Waals surface area contributed by atoms with E-state index in [2.05, 4.69) is 34.2 Å². The van der Waals surface area contributed by atoms with Crippen LogP contribution in [0.5, 0.6) is 0 Å². The maximum absolute atomic E-state index is 13.0. The number of guanidine groups is 1. The molecule has 138 valence electrons. The van der Waals surface area contributed by atoms with Gasteiger partial charge in [0.25, 0.3) is 0 Å². The third-order valence-corrected chi connectivity index (χ3v) is 3.99. The molecule has 2 atom stereocenters. The first-order valence-corrected chi connectivity index (χ1v) is 7.76. The van der Waals surface area contributed by atoms with Gasteiger partial charge in [0.2, 0.25) is 0 Å². The molecule has 2 rings (SSSR count). The number of piperidine rings is 1. The number of nitrogens with zero attached hydrogens (tertiary/aromatic N) is 4. The predicted molar refractivity (Wildman–Crippen MR) is 98.3 cm³/mol. The molecule has 0 aliphatic carbocycles. The van der Waals surface area contributed by atoms with Crippen molar-refractivity contribution in [2.75, 3.05) is 20.1 Å². The van der Waals surface area contributed by atoms with Crippen LogP contribution in [0.3, 0.4) is 0 Å². The fourth-order valence-corrected chi connectivity index (χ4v) is 3.25. The summed E-state index contributed by atoms with van der Waals surface area (Å²) in [6, 6.07) is 0. The summed E-state index contributed by atoms with van der Waals surface area (Å²) in [7, 11) is 3.14. The van der Waals surface area contributed by atoms with Gasteiger partial charge in [0.05, 0.1) is 0 Å². The van der Waals surface area contributed by atoms with Gasteiger partial charge in [-0.3, -0.25) is 9.67 Å². The summed E-state index contributed by atoms with van der Waals surface area (Å²) in [5.74, 6) is 1.73. The van der Waals surface area contributed by atoms with E-state index in [1.165, 1.54) is 17.9 Å². The fourth-order valence-electron chi connectivity index (χ4n) is 3.25. The average Bonchev–Trinajstić information content (AvgIpc) is 2.79. The van der Waals surface area contributed by atoms with Gasteiger partial charge in [0.15, 0.2) is 11.7 Å². The fraction of sp³-hybridized carbons (Fsp3) is 0.733. The molecule has 2 unspecified atom stereocenters. The molecule has 1 aromatic rings. The largest absolute Gasteiger partial charge is 0.435 e. The number of rotatable bonds is 2. The van der Waals surface area contributed by atoms with Gasteiger partial charge < -0.3 is 10.2 Å². The van der Waals surface area contributed by atoms with Gasteiger partial charge >= 0.3 is 6.18 Å². The first-order valence-electron chi connectivity index (χ1n) is 7.76. The summed E-state index contributed by atoms with van der Waals surface area (Å²) in [5.41, 5.74) is -0.720. The van der Waals surface area contributed by atoms with Crippen LogP contribution in [-0.4, -0.2) is 40.8 Å². The van der Waals surface area contributed by atoms with Gasteiger partial charge in [-0.1, -0.05) is 13.8 Å². The molecule has 1 aliphatic heterocycles. The highest BCUT2D eigenvalue weighted by Gasteiger charge is 2.37. The Morgan fingerprint density at radius 3 is 2.42 bits per heavy atom. The van der Waals surface area contributed by atoms with Gasteiger partial charge in [0, 0.05) is 45.5 Å². The first-order chi connectivity index (χ1) is 10.7. The molecule has 0 spiro atoms. The molecule has 0 amide bonds. The summed E-state index contributed by atoms with van der Waals surface area (Å²) < 4.78 is 40.1. The first kappa shape index (κ1) is 21.0. The molecular formula is C15H25F3IN5. The van der Waals surface area contributed by atoms with Crippen molar-refractivity contribution in [2.24, 2.45) is 23.9 Å². The zero-order chi connectivity index (χ0) is 17.2. The highest BCUT2D eigenvalue weighted by Crippen LogP contribution is 2.30. The summed E-state index contributed by atoms with van der Waals surface area (Å²) >= 11 is 0. The summed E-state index contributed by atoms with van der Waals surface area (Å²) in [5, 5.41) is 6.57. The van der Waals surface area contributed by atoms with Crippen LogP contribution in [0, 0.1) is 11.8 Å². The summed E-state index contributed by atoms with van der Waals surface area (Å²) in [6.45, 7) is 6.14. The van der Waals surface area contributed by atoms with E-state index in [0.717, 1.165) is 19.5 Å². The van der Waals surface area contributed by atoms with E-state index in [1.807, 2.05) is 0 Å². The maximum Gasteiger partial charge on any atom is 0.435 e. The van der Waals surface area contributed by atoms with E-state index in [9.17, 15) is 13.2 Å². The van der Waals surface area contributed by atoms with Crippen molar-refractivity contribution >= 4 is 29.9 Å². The third-order valence-electron chi connectivity index (χ3n) is 3.99. The minimum atomic E-state index is -4.45. The van der Waals surface area contributed by atoms with E-state index in [-0.39, 0.29) is 36.1 Å².